The van der Waals surface area contributed by atoms with Gasteiger partial charge in [0.25, 0.3) is 0 Å². The summed E-state index contributed by atoms with van der Waals surface area (Å²) in [5, 5.41) is 0. The fourth-order valence-electron chi connectivity index (χ4n) is 2.19. The van der Waals surface area contributed by atoms with Crippen molar-refractivity contribution in [1.82, 2.24) is 0 Å². The third kappa shape index (κ3) is 3.97. The fourth-order valence-corrected chi connectivity index (χ4v) is 10.7. The first-order chi connectivity index (χ1) is 7.76. The van der Waals surface area contributed by atoms with Crippen LogP contribution in [-0.4, -0.2) is 18.4 Å². The van der Waals surface area contributed by atoms with Crippen LogP contribution in [0.2, 0.25) is 17.7 Å². The molecule has 1 aromatic rings. The van der Waals surface area contributed by atoms with E-state index in [1.807, 2.05) is 0 Å². The van der Waals surface area contributed by atoms with Gasteiger partial charge in [-0.3, -0.25) is 0 Å². The fraction of sp³-hybridized carbons (Fsp3) is 0.467. The second-order valence-electron chi connectivity index (χ2n) is 4.58. The standard InChI is InChI=1S/C9H9.3C2H5.Sn/c1-2-6-9-7-4-3-5-8-9;3*1-2;/h2-8H,1H2;3*1H2,2H3;/b6-2+;;;;. The average Bonchev–Trinajstić information content (AvgIpc) is 2.37. The summed E-state index contributed by atoms with van der Waals surface area (Å²) >= 11 is -1.71. The number of rotatable bonds is 6. The van der Waals surface area contributed by atoms with Crippen molar-refractivity contribution in [2.75, 3.05) is 0 Å². The van der Waals surface area contributed by atoms with Crippen LogP contribution >= 0.6 is 0 Å². The molecule has 1 rings (SSSR count). The van der Waals surface area contributed by atoms with Gasteiger partial charge in [-0.1, -0.05) is 0 Å². The summed E-state index contributed by atoms with van der Waals surface area (Å²) in [5.41, 5.74) is 1.34. The molecule has 0 spiro atoms. The third-order valence-corrected chi connectivity index (χ3v) is 19.9. The van der Waals surface area contributed by atoms with Crippen LogP contribution in [0.5, 0.6) is 0 Å². The molecule has 0 bridgehead atoms. The van der Waals surface area contributed by atoms with Gasteiger partial charge in [-0.15, -0.1) is 0 Å². The van der Waals surface area contributed by atoms with Crippen molar-refractivity contribution >= 4 is 24.5 Å². The van der Waals surface area contributed by atoms with Crippen molar-refractivity contribution in [3.8, 4) is 0 Å². The first kappa shape index (κ1) is 13.8. The molecule has 88 valence electrons. The zero-order valence-electron chi connectivity index (χ0n) is 10.9. The Morgan fingerprint density at radius 3 is 2.00 bits per heavy atom. The molecule has 0 saturated heterocycles. The van der Waals surface area contributed by atoms with Gasteiger partial charge in [0.2, 0.25) is 0 Å². The average molecular weight is 323 g/mol. The van der Waals surface area contributed by atoms with Gasteiger partial charge in [-0.25, -0.2) is 0 Å². The van der Waals surface area contributed by atoms with Crippen LogP contribution in [0.3, 0.4) is 0 Å². The van der Waals surface area contributed by atoms with Crippen molar-refractivity contribution in [1.29, 1.82) is 0 Å². The summed E-state index contributed by atoms with van der Waals surface area (Å²) in [7, 11) is 0. The molecule has 0 aliphatic carbocycles. The van der Waals surface area contributed by atoms with E-state index in [0.717, 1.165) is 0 Å². The summed E-state index contributed by atoms with van der Waals surface area (Å²) in [6.07, 6.45) is 4.73. The van der Waals surface area contributed by atoms with E-state index in [0.29, 0.717) is 0 Å². The Morgan fingerprint density at radius 2 is 1.50 bits per heavy atom. The Morgan fingerprint density at radius 1 is 0.938 bits per heavy atom. The Balaban J connectivity index is 2.59. The number of hydrogen-bond donors (Lipinski definition) is 0. The van der Waals surface area contributed by atoms with Gasteiger partial charge in [0.05, 0.1) is 0 Å². The molecule has 0 N–H and O–H groups in total. The summed E-state index contributed by atoms with van der Waals surface area (Å²) in [6, 6.07) is 10.6. The van der Waals surface area contributed by atoms with Crippen LogP contribution < -0.4 is 0 Å². The van der Waals surface area contributed by atoms with Gasteiger partial charge in [0.1, 0.15) is 0 Å². The monoisotopic (exact) mass is 324 g/mol. The Bertz CT molecular complexity index is 301. The van der Waals surface area contributed by atoms with E-state index in [-0.39, 0.29) is 0 Å². The molecule has 0 fully saturated rings. The minimum atomic E-state index is -1.71. The molecule has 0 atom stereocenters. The summed E-state index contributed by atoms with van der Waals surface area (Å²) in [6.45, 7) is 7.21. The van der Waals surface area contributed by atoms with Gasteiger partial charge in [0.15, 0.2) is 0 Å². The Kier molecular flexibility index (Phi) is 6.18. The van der Waals surface area contributed by atoms with Gasteiger partial charge in [-0.05, 0) is 0 Å². The zero-order valence-corrected chi connectivity index (χ0v) is 13.7. The van der Waals surface area contributed by atoms with Crippen molar-refractivity contribution in [2.45, 2.75) is 38.5 Å². The van der Waals surface area contributed by atoms with E-state index >= 15 is 0 Å². The molecule has 1 aromatic carbocycles. The van der Waals surface area contributed by atoms with E-state index in [9.17, 15) is 0 Å². The Labute approximate surface area is 105 Å². The summed E-state index contributed by atoms with van der Waals surface area (Å²) < 4.78 is 5.87. The molecule has 0 amide bonds. The number of allylic oxidation sites excluding steroid dienone is 1. The SMILES string of the molecule is C[CH2][Sn]([CH2]C)([CH2]C)[CH2]/C=C/c1ccccc1. The molecule has 0 aromatic heterocycles. The predicted octanol–water partition coefficient (Wildman–Crippen LogP) is 5.21. The summed E-state index contributed by atoms with van der Waals surface area (Å²) in [4.78, 5) is 0. The normalized spacial score (nSPS) is 12.2. The molecular formula is C15H24Sn. The predicted molar refractivity (Wildman–Crippen MR) is 77.5 cm³/mol. The van der Waals surface area contributed by atoms with E-state index in [1.54, 1.807) is 0 Å². The minimum absolute atomic E-state index is 1.34. The van der Waals surface area contributed by atoms with Crippen LogP contribution in [0.25, 0.3) is 6.08 Å². The molecule has 16 heavy (non-hydrogen) atoms. The zero-order chi connectivity index (χ0) is 11.9. The Hall–Kier alpha value is -0.241. The number of benzene rings is 1. The van der Waals surface area contributed by atoms with E-state index in [1.165, 1.54) is 23.3 Å². The first-order valence-corrected chi connectivity index (χ1v) is 14.5. The van der Waals surface area contributed by atoms with Crippen LogP contribution in [-0.2, 0) is 0 Å². The number of hydrogen-bond acceptors (Lipinski definition) is 0. The van der Waals surface area contributed by atoms with Crippen molar-refractivity contribution < 1.29 is 0 Å². The van der Waals surface area contributed by atoms with Gasteiger partial charge in [-0.2, -0.15) is 0 Å². The second kappa shape index (κ2) is 7.16. The molecule has 0 radical (unpaired) electrons. The van der Waals surface area contributed by atoms with Crippen LogP contribution in [0, 0.1) is 0 Å². The topological polar surface area (TPSA) is 0 Å². The molecule has 0 unspecified atom stereocenters. The maximum absolute atomic E-state index is 2.43. The van der Waals surface area contributed by atoms with Crippen LogP contribution in [0.15, 0.2) is 36.4 Å². The first-order valence-electron chi connectivity index (χ1n) is 6.48. The van der Waals surface area contributed by atoms with Crippen LogP contribution in [0.4, 0.5) is 0 Å². The van der Waals surface area contributed by atoms with E-state index < -0.39 is 18.4 Å². The van der Waals surface area contributed by atoms with Crippen molar-refractivity contribution in [3.05, 3.63) is 42.0 Å². The van der Waals surface area contributed by atoms with Crippen LogP contribution in [0.1, 0.15) is 26.3 Å². The van der Waals surface area contributed by atoms with E-state index in [2.05, 4.69) is 63.3 Å². The third-order valence-electron chi connectivity index (χ3n) is 3.91. The van der Waals surface area contributed by atoms with Crippen molar-refractivity contribution in [3.63, 3.8) is 0 Å². The van der Waals surface area contributed by atoms with E-state index in [4.69, 9.17) is 0 Å². The maximum atomic E-state index is 2.43. The summed E-state index contributed by atoms with van der Waals surface area (Å²) in [5.74, 6) is 0. The van der Waals surface area contributed by atoms with Gasteiger partial charge in [0, 0.05) is 0 Å². The molecule has 0 aliphatic rings. The molecule has 0 saturated carbocycles. The molecule has 0 nitrogen and oxygen atoms in total. The molecule has 0 heterocycles. The van der Waals surface area contributed by atoms with Gasteiger partial charge < -0.3 is 0 Å². The molecular weight excluding hydrogens is 299 g/mol. The van der Waals surface area contributed by atoms with Gasteiger partial charge >= 0.3 is 105 Å². The molecule has 0 aliphatic heterocycles. The van der Waals surface area contributed by atoms with Crippen molar-refractivity contribution in [2.24, 2.45) is 0 Å². The second-order valence-corrected chi connectivity index (χ2v) is 20.4. The molecule has 1 heteroatoms. The quantitative estimate of drug-likeness (QED) is 0.631.